The van der Waals surface area contributed by atoms with Gasteiger partial charge in [0.15, 0.2) is 5.96 Å². The number of ether oxygens (including phenoxy) is 1. The van der Waals surface area contributed by atoms with Gasteiger partial charge in [-0.15, -0.1) is 0 Å². The first-order valence-corrected chi connectivity index (χ1v) is 9.82. The van der Waals surface area contributed by atoms with Gasteiger partial charge in [0.1, 0.15) is 6.10 Å². The number of benzene rings is 1. The molecule has 152 valence electrons. The van der Waals surface area contributed by atoms with Gasteiger partial charge in [-0.1, -0.05) is 24.3 Å². The SMILES string of the molecule is CN=C(NCc1cccc(Cn2cccn2)c1)N1CCOC(c2cnn(C)c2)C1. The zero-order valence-electron chi connectivity index (χ0n) is 16.9. The van der Waals surface area contributed by atoms with Crippen molar-refractivity contribution in [2.45, 2.75) is 19.2 Å². The molecule has 3 heterocycles. The van der Waals surface area contributed by atoms with E-state index in [0.717, 1.165) is 31.2 Å². The lowest BCUT2D eigenvalue weighted by Gasteiger charge is -2.34. The zero-order chi connectivity index (χ0) is 20.1. The normalized spacial score (nSPS) is 17.5. The molecule has 1 aromatic carbocycles. The predicted octanol–water partition coefficient (Wildman–Crippen LogP) is 1.81. The molecule has 1 atom stereocenters. The average molecular weight is 393 g/mol. The number of nitrogens with one attached hydrogen (secondary N) is 1. The van der Waals surface area contributed by atoms with E-state index in [4.69, 9.17) is 4.74 Å². The Morgan fingerprint density at radius 1 is 1.28 bits per heavy atom. The van der Waals surface area contributed by atoms with Gasteiger partial charge in [0, 0.05) is 51.3 Å². The van der Waals surface area contributed by atoms with Crippen LogP contribution in [0.5, 0.6) is 0 Å². The zero-order valence-corrected chi connectivity index (χ0v) is 16.9. The maximum atomic E-state index is 5.94. The number of hydrogen-bond donors (Lipinski definition) is 1. The van der Waals surface area contributed by atoms with Crippen molar-refractivity contribution in [3.63, 3.8) is 0 Å². The summed E-state index contributed by atoms with van der Waals surface area (Å²) < 4.78 is 9.68. The van der Waals surface area contributed by atoms with Crippen molar-refractivity contribution in [3.8, 4) is 0 Å². The van der Waals surface area contributed by atoms with E-state index in [1.165, 1.54) is 11.1 Å². The molecule has 1 aliphatic heterocycles. The molecule has 4 rings (SSSR count). The predicted molar refractivity (Wildman–Crippen MR) is 111 cm³/mol. The van der Waals surface area contributed by atoms with Gasteiger partial charge in [-0.05, 0) is 17.2 Å². The van der Waals surface area contributed by atoms with Crippen LogP contribution in [-0.4, -0.2) is 57.2 Å². The lowest BCUT2D eigenvalue weighted by molar-refractivity contribution is -0.00805. The van der Waals surface area contributed by atoms with Crippen LogP contribution in [0, 0.1) is 0 Å². The van der Waals surface area contributed by atoms with Crippen LogP contribution in [0.15, 0.2) is 60.1 Å². The van der Waals surface area contributed by atoms with E-state index in [9.17, 15) is 0 Å². The number of guanidine groups is 1. The fourth-order valence-electron chi connectivity index (χ4n) is 3.58. The monoisotopic (exact) mass is 393 g/mol. The Labute approximate surface area is 170 Å². The highest BCUT2D eigenvalue weighted by molar-refractivity contribution is 5.80. The Morgan fingerprint density at radius 3 is 2.93 bits per heavy atom. The number of morpholine rings is 1. The van der Waals surface area contributed by atoms with E-state index >= 15 is 0 Å². The maximum Gasteiger partial charge on any atom is 0.194 e. The second kappa shape index (κ2) is 8.91. The minimum absolute atomic E-state index is 0.00778. The maximum absolute atomic E-state index is 5.94. The Morgan fingerprint density at radius 2 is 2.17 bits per heavy atom. The highest BCUT2D eigenvalue weighted by Crippen LogP contribution is 2.21. The molecule has 0 amide bonds. The molecule has 1 N–H and O–H groups in total. The van der Waals surface area contributed by atoms with Gasteiger partial charge in [-0.25, -0.2) is 0 Å². The van der Waals surface area contributed by atoms with Crippen LogP contribution in [0.25, 0.3) is 0 Å². The van der Waals surface area contributed by atoms with E-state index in [2.05, 4.69) is 49.7 Å². The summed E-state index contributed by atoms with van der Waals surface area (Å²) >= 11 is 0. The van der Waals surface area contributed by atoms with Gasteiger partial charge in [-0.3, -0.25) is 14.4 Å². The molecular weight excluding hydrogens is 366 g/mol. The third kappa shape index (κ3) is 4.83. The van der Waals surface area contributed by atoms with E-state index < -0.39 is 0 Å². The highest BCUT2D eigenvalue weighted by atomic mass is 16.5. The van der Waals surface area contributed by atoms with Crippen LogP contribution in [0.2, 0.25) is 0 Å². The van der Waals surface area contributed by atoms with Crippen molar-refractivity contribution in [2.75, 3.05) is 26.7 Å². The van der Waals surface area contributed by atoms with Crippen molar-refractivity contribution in [1.82, 2.24) is 29.8 Å². The smallest absolute Gasteiger partial charge is 0.194 e. The second-order valence-corrected chi connectivity index (χ2v) is 7.18. The Bertz CT molecular complexity index is 948. The quantitative estimate of drug-likeness (QED) is 0.529. The van der Waals surface area contributed by atoms with Gasteiger partial charge in [0.05, 0.1) is 25.9 Å². The van der Waals surface area contributed by atoms with Gasteiger partial charge in [0.2, 0.25) is 0 Å². The first-order valence-electron chi connectivity index (χ1n) is 9.82. The standard InChI is InChI=1S/C21H27N7O/c1-22-21(27-9-10-29-20(16-27)19-13-25-26(2)15-19)23-12-17-5-3-6-18(11-17)14-28-8-4-7-24-28/h3-8,11,13,15,20H,9-10,12,14,16H2,1-2H3,(H,22,23). The largest absolute Gasteiger partial charge is 0.370 e. The third-order valence-electron chi connectivity index (χ3n) is 5.02. The average Bonchev–Trinajstić information content (AvgIpc) is 3.41. The number of aryl methyl sites for hydroxylation is 1. The first kappa shape index (κ1) is 19.2. The number of aromatic nitrogens is 4. The molecule has 2 aromatic heterocycles. The second-order valence-electron chi connectivity index (χ2n) is 7.18. The summed E-state index contributed by atoms with van der Waals surface area (Å²) in [4.78, 5) is 6.73. The molecule has 8 nitrogen and oxygen atoms in total. The lowest BCUT2D eigenvalue weighted by Crippen LogP contribution is -2.47. The van der Waals surface area contributed by atoms with Gasteiger partial charge < -0.3 is 15.0 Å². The number of hydrogen-bond acceptors (Lipinski definition) is 4. The molecule has 0 saturated carbocycles. The van der Waals surface area contributed by atoms with Crippen molar-refractivity contribution in [3.05, 3.63) is 71.8 Å². The van der Waals surface area contributed by atoms with Crippen molar-refractivity contribution < 1.29 is 4.74 Å². The number of rotatable bonds is 5. The van der Waals surface area contributed by atoms with Gasteiger partial charge >= 0.3 is 0 Å². The lowest BCUT2D eigenvalue weighted by atomic mass is 10.1. The number of aliphatic imine (C=N–C) groups is 1. The van der Waals surface area contributed by atoms with Crippen molar-refractivity contribution >= 4 is 5.96 Å². The van der Waals surface area contributed by atoms with E-state index in [0.29, 0.717) is 13.2 Å². The van der Waals surface area contributed by atoms with Crippen LogP contribution < -0.4 is 5.32 Å². The van der Waals surface area contributed by atoms with E-state index in [1.54, 1.807) is 10.9 Å². The summed E-state index contributed by atoms with van der Waals surface area (Å²) in [6.07, 6.45) is 7.67. The van der Waals surface area contributed by atoms with Crippen LogP contribution in [0.4, 0.5) is 0 Å². The van der Waals surface area contributed by atoms with Crippen LogP contribution in [0.1, 0.15) is 22.8 Å². The molecule has 1 unspecified atom stereocenters. The summed E-state index contributed by atoms with van der Waals surface area (Å²) in [5.74, 6) is 0.889. The van der Waals surface area contributed by atoms with Crippen LogP contribution in [-0.2, 0) is 24.9 Å². The van der Waals surface area contributed by atoms with E-state index in [-0.39, 0.29) is 6.10 Å². The fourth-order valence-corrected chi connectivity index (χ4v) is 3.58. The summed E-state index contributed by atoms with van der Waals surface area (Å²) in [6.45, 7) is 3.72. The minimum atomic E-state index is 0.00778. The summed E-state index contributed by atoms with van der Waals surface area (Å²) in [5, 5.41) is 12.0. The minimum Gasteiger partial charge on any atom is -0.370 e. The van der Waals surface area contributed by atoms with Gasteiger partial charge in [0.25, 0.3) is 0 Å². The molecule has 29 heavy (non-hydrogen) atoms. The molecule has 8 heteroatoms. The molecule has 0 bridgehead atoms. The Hall–Kier alpha value is -3.13. The van der Waals surface area contributed by atoms with Gasteiger partial charge in [-0.2, -0.15) is 10.2 Å². The number of nitrogens with zero attached hydrogens (tertiary/aromatic N) is 6. The molecular formula is C21H27N7O. The highest BCUT2D eigenvalue weighted by Gasteiger charge is 2.25. The summed E-state index contributed by atoms with van der Waals surface area (Å²) in [6, 6.07) is 10.5. The van der Waals surface area contributed by atoms with Crippen molar-refractivity contribution in [2.24, 2.45) is 12.0 Å². The van der Waals surface area contributed by atoms with E-state index in [1.807, 2.05) is 43.4 Å². The Kier molecular flexibility index (Phi) is 5.90. The molecule has 1 saturated heterocycles. The van der Waals surface area contributed by atoms with Crippen molar-refractivity contribution in [1.29, 1.82) is 0 Å². The molecule has 1 aliphatic rings. The fraction of sp³-hybridized carbons (Fsp3) is 0.381. The first-order chi connectivity index (χ1) is 14.2. The molecule has 0 aliphatic carbocycles. The van der Waals surface area contributed by atoms with Crippen LogP contribution >= 0.6 is 0 Å². The molecule has 0 spiro atoms. The topological polar surface area (TPSA) is 72.5 Å². The molecule has 3 aromatic rings. The summed E-state index contributed by atoms with van der Waals surface area (Å²) in [7, 11) is 3.75. The molecule has 1 fully saturated rings. The third-order valence-corrected chi connectivity index (χ3v) is 5.02. The summed E-state index contributed by atoms with van der Waals surface area (Å²) in [5.41, 5.74) is 3.54. The van der Waals surface area contributed by atoms with Crippen LogP contribution in [0.3, 0.4) is 0 Å². The Balaban J connectivity index is 1.37. The molecule has 0 radical (unpaired) electrons.